The van der Waals surface area contributed by atoms with Crippen LogP contribution in [-0.4, -0.2) is 11.7 Å². The monoisotopic (exact) mass is 616 g/mol. The molecule has 228 valence electrons. The van der Waals surface area contributed by atoms with E-state index in [0.29, 0.717) is 0 Å². The molecule has 2 aliphatic rings. The van der Waals surface area contributed by atoms with E-state index in [1.165, 1.54) is 27.6 Å². The third-order valence-corrected chi connectivity index (χ3v) is 9.39. The second kappa shape index (κ2) is 11.8. The van der Waals surface area contributed by atoms with Gasteiger partial charge in [0.2, 0.25) is 0 Å². The SMILES string of the molecule is c1ccc(C2=NC(c3ccccc3)N=C(c3c(-c4ccc(C5Nc6ccccc6-c6ccccc65)cc4)ccc4ccccc34)N2)cc1. The number of aliphatic imine (C=N–C) groups is 2. The number of amidine groups is 2. The summed E-state index contributed by atoms with van der Waals surface area (Å²) in [5, 5.41) is 9.79. The number of benzene rings is 7. The molecule has 48 heavy (non-hydrogen) atoms. The molecule has 2 unspecified atom stereocenters. The maximum absolute atomic E-state index is 5.28. The lowest BCUT2D eigenvalue weighted by Gasteiger charge is -2.30. The van der Waals surface area contributed by atoms with Gasteiger partial charge >= 0.3 is 0 Å². The standard InChI is InChI=1S/C44H32N4/c1-3-14-32(15-4-1)42-46-43(33-16-5-2-6-17-33)48-44(47-42)40-34-18-8-7-13-29(34)27-28-35(40)30-23-25-31(26-24-30)41-38-21-10-9-19-36(38)37-20-11-12-22-39(37)45-41/h1-28,41-42,45H,(H,46,47,48). The molecule has 9 rings (SSSR count). The second-order valence-electron chi connectivity index (χ2n) is 12.3. The lowest BCUT2D eigenvalue weighted by Crippen LogP contribution is -2.36. The molecule has 4 heteroatoms. The number of nitrogens with one attached hydrogen (secondary N) is 2. The molecule has 7 aromatic carbocycles. The van der Waals surface area contributed by atoms with Crippen LogP contribution in [-0.2, 0) is 0 Å². The third-order valence-electron chi connectivity index (χ3n) is 9.39. The molecule has 0 fully saturated rings. The van der Waals surface area contributed by atoms with E-state index < -0.39 is 0 Å². The Bertz CT molecular complexity index is 2340. The van der Waals surface area contributed by atoms with Crippen LogP contribution in [0.4, 0.5) is 5.69 Å². The van der Waals surface area contributed by atoms with Gasteiger partial charge in [0.25, 0.3) is 0 Å². The molecule has 4 nitrogen and oxygen atoms in total. The maximum Gasteiger partial charge on any atom is 0.169 e. The molecule has 2 atom stereocenters. The van der Waals surface area contributed by atoms with Gasteiger partial charge in [-0.1, -0.05) is 164 Å². The number of fused-ring (bicyclic) bond motifs is 4. The van der Waals surface area contributed by atoms with Gasteiger partial charge in [-0.25, -0.2) is 9.98 Å². The van der Waals surface area contributed by atoms with E-state index in [9.17, 15) is 0 Å². The van der Waals surface area contributed by atoms with Crippen LogP contribution in [0.25, 0.3) is 33.0 Å². The summed E-state index contributed by atoms with van der Waals surface area (Å²) in [5.74, 6) is 1.62. The van der Waals surface area contributed by atoms with Crippen molar-refractivity contribution in [2.75, 3.05) is 5.32 Å². The van der Waals surface area contributed by atoms with Crippen molar-refractivity contribution in [1.82, 2.24) is 5.32 Å². The first-order valence-electron chi connectivity index (χ1n) is 16.4. The fourth-order valence-corrected chi connectivity index (χ4v) is 7.05. The minimum absolute atomic E-state index is 0.0573. The topological polar surface area (TPSA) is 48.8 Å². The fourth-order valence-electron chi connectivity index (χ4n) is 7.05. The van der Waals surface area contributed by atoms with Crippen molar-refractivity contribution in [3.63, 3.8) is 0 Å². The molecule has 0 saturated carbocycles. The first-order valence-corrected chi connectivity index (χ1v) is 16.4. The molecule has 2 heterocycles. The number of nitrogens with zero attached hydrogens (tertiary/aromatic N) is 2. The van der Waals surface area contributed by atoms with Crippen LogP contribution >= 0.6 is 0 Å². The van der Waals surface area contributed by atoms with Crippen LogP contribution in [0.15, 0.2) is 180 Å². The highest BCUT2D eigenvalue weighted by Crippen LogP contribution is 2.43. The molecular formula is C44H32N4. The van der Waals surface area contributed by atoms with Gasteiger partial charge < -0.3 is 10.6 Å². The molecule has 0 aromatic heterocycles. The molecule has 0 bridgehead atoms. The Hall–Kier alpha value is -6.26. The van der Waals surface area contributed by atoms with Crippen LogP contribution in [0, 0.1) is 0 Å². The molecule has 0 aliphatic carbocycles. The van der Waals surface area contributed by atoms with Crippen molar-refractivity contribution < 1.29 is 0 Å². The summed E-state index contributed by atoms with van der Waals surface area (Å²) in [4.78, 5) is 10.4. The van der Waals surface area contributed by atoms with Gasteiger partial charge in [-0.05, 0) is 50.2 Å². The number of hydrogen-bond donors (Lipinski definition) is 2. The number of anilines is 1. The first kappa shape index (κ1) is 28.0. The van der Waals surface area contributed by atoms with Crippen LogP contribution in [0.5, 0.6) is 0 Å². The summed E-state index contributed by atoms with van der Waals surface area (Å²) in [5.41, 5.74) is 11.6. The predicted molar refractivity (Wildman–Crippen MR) is 199 cm³/mol. The smallest absolute Gasteiger partial charge is 0.169 e. The zero-order valence-electron chi connectivity index (χ0n) is 26.2. The zero-order chi connectivity index (χ0) is 31.9. The number of hydrogen-bond acceptors (Lipinski definition) is 4. The van der Waals surface area contributed by atoms with Gasteiger partial charge in [0.15, 0.2) is 6.17 Å². The van der Waals surface area contributed by atoms with Gasteiger partial charge in [-0.15, -0.1) is 0 Å². The average molecular weight is 617 g/mol. The quantitative estimate of drug-likeness (QED) is 0.202. The van der Waals surface area contributed by atoms with Crippen LogP contribution < -0.4 is 10.6 Å². The Balaban J connectivity index is 1.16. The third kappa shape index (κ3) is 4.95. The predicted octanol–water partition coefficient (Wildman–Crippen LogP) is 10.2. The highest BCUT2D eigenvalue weighted by Gasteiger charge is 2.26. The van der Waals surface area contributed by atoms with Gasteiger partial charge in [-0.2, -0.15) is 0 Å². The summed E-state index contributed by atoms with van der Waals surface area (Å²) >= 11 is 0. The van der Waals surface area contributed by atoms with Crippen molar-refractivity contribution in [2.24, 2.45) is 9.98 Å². The zero-order valence-corrected chi connectivity index (χ0v) is 26.2. The lowest BCUT2D eigenvalue weighted by atomic mass is 9.86. The Morgan fingerprint density at radius 2 is 1.10 bits per heavy atom. The highest BCUT2D eigenvalue weighted by atomic mass is 15.2. The van der Waals surface area contributed by atoms with Crippen LogP contribution in [0.3, 0.4) is 0 Å². The average Bonchev–Trinajstić information content (AvgIpc) is 3.18. The van der Waals surface area contributed by atoms with E-state index >= 15 is 0 Å². The summed E-state index contributed by atoms with van der Waals surface area (Å²) in [6.07, 6.45) is -0.368. The van der Waals surface area contributed by atoms with E-state index in [4.69, 9.17) is 9.98 Å². The van der Waals surface area contributed by atoms with Gasteiger partial charge in [0, 0.05) is 22.4 Å². The Labute approximate surface area is 280 Å². The molecule has 2 N–H and O–H groups in total. The van der Waals surface area contributed by atoms with E-state index in [1.807, 2.05) is 36.4 Å². The molecule has 7 aromatic rings. The Kier molecular flexibility index (Phi) is 6.90. The van der Waals surface area contributed by atoms with Crippen LogP contribution in [0.1, 0.15) is 40.0 Å². The van der Waals surface area contributed by atoms with E-state index in [2.05, 4.69) is 144 Å². The maximum atomic E-state index is 5.28. The summed E-state index contributed by atoms with van der Waals surface area (Å²) in [6, 6.07) is 60.0. The van der Waals surface area contributed by atoms with E-state index in [1.54, 1.807) is 0 Å². The molecular weight excluding hydrogens is 585 g/mol. The number of para-hydroxylation sites is 1. The Morgan fingerprint density at radius 3 is 1.94 bits per heavy atom. The minimum Gasteiger partial charge on any atom is -0.374 e. The molecule has 0 saturated heterocycles. The number of rotatable bonds is 5. The minimum atomic E-state index is -0.368. The molecule has 2 aliphatic heterocycles. The first-order chi connectivity index (χ1) is 23.8. The van der Waals surface area contributed by atoms with Crippen LogP contribution in [0.2, 0.25) is 0 Å². The van der Waals surface area contributed by atoms with E-state index in [-0.39, 0.29) is 12.2 Å². The van der Waals surface area contributed by atoms with Gasteiger partial charge in [-0.3, -0.25) is 0 Å². The normalized spacial score (nSPS) is 16.5. The highest BCUT2D eigenvalue weighted by molar-refractivity contribution is 6.22. The lowest BCUT2D eigenvalue weighted by molar-refractivity contribution is 0.756. The second-order valence-corrected chi connectivity index (χ2v) is 12.3. The Morgan fingerprint density at radius 1 is 0.438 bits per heavy atom. The van der Waals surface area contributed by atoms with Crippen molar-refractivity contribution in [3.8, 4) is 22.3 Å². The van der Waals surface area contributed by atoms with Crippen molar-refractivity contribution >= 4 is 28.1 Å². The fraction of sp³-hybridized carbons (Fsp3) is 0.0455. The summed E-state index contributed by atoms with van der Waals surface area (Å²) < 4.78 is 0. The summed E-state index contributed by atoms with van der Waals surface area (Å²) in [6.45, 7) is 0. The molecule has 0 spiro atoms. The molecule has 0 radical (unpaired) electrons. The summed E-state index contributed by atoms with van der Waals surface area (Å²) in [7, 11) is 0. The van der Waals surface area contributed by atoms with E-state index in [0.717, 1.165) is 50.6 Å². The van der Waals surface area contributed by atoms with Gasteiger partial charge in [0.1, 0.15) is 11.7 Å². The molecule has 0 amide bonds. The van der Waals surface area contributed by atoms with Gasteiger partial charge in [0.05, 0.1) is 6.04 Å². The largest absolute Gasteiger partial charge is 0.374 e. The van der Waals surface area contributed by atoms with Crippen molar-refractivity contribution in [3.05, 3.63) is 198 Å². The van der Waals surface area contributed by atoms with Crippen molar-refractivity contribution in [2.45, 2.75) is 12.2 Å². The van der Waals surface area contributed by atoms with Crippen molar-refractivity contribution in [1.29, 1.82) is 0 Å².